The van der Waals surface area contributed by atoms with Crippen molar-refractivity contribution in [2.45, 2.75) is 11.8 Å². The molecule has 3 aromatic rings. The number of sulfonamides is 1. The lowest BCUT2D eigenvalue weighted by Crippen LogP contribution is -2.46. The molecule has 1 heterocycles. The Kier molecular flexibility index (Phi) is 6.67. The van der Waals surface area contributed by atoms with Crippen molar-refractivity contribution in [1.82, 2.24) is 4.90 Å². The fraction of sp³-hybridized carbons (Fsp3) is 0.280. The highest BCUT2D eigenvalue weighted by atomic mass is 32.2. The zero-order valence-electron chi connectivity index (χ0n) is 18.5. The standard InChI is InChI=1S/C25H29N3O3S/c1-3-27-16-18-28(19-17-27)23-14-8-7-13-22(23)26-32(29,30)24-15-9-12-21(25(24)31-2)20-10-5-4-6-11-20/h4-15,26H,3,16-19H2,1-2H3. The zero-order valence-corrected chi connectivity index (χ0v) is 19.3. The minimum atomic E-state index is -3.88. The van der Waals surface area contributed by atoms with E-state index in [1.165, 1.54) is 7.11 Å². The second-order valence-electron chi connectivity index (χ2n) is 7.75. The van der Waals surface area contributed by atoms with Crippen molar-refractivity contribution in [3.63, 3.8) is 0 Å². The summed E-state index contributed by atoms with van der Waals surface area (Å²) in [5.74, 6) is 0.334. The van der Waals surface area contributed by atoms with Gasteiger partial charge in [0.05, 0.1) is 18.5 Å². The Morgan fingerprint density at radius 1 is 0.875 bits per heavy atom. The third kappa shape index (κ3) is 4.59. The van der Waals surface area contributed by atoms with Crippen LogP contribution in [0.5, 0.6) is 5.75 Å². The highest BCUT2D eigenvalue weighted by molar-refractivity contribution is 7.92. The molecule has 1 fully saturated rings. The number of hydrogen-bond acceptors (Lipinski definition) is 5. The number of anilines is 2. The summed E-state index contributed by atoms with van der Waals surface area (Å²) in [5, 5.41) is 0. The molecule has 168 valence electrons. The first-order valence-electron chi connectivity index (χ1n) is 10.8. The van der Waals surface area contributed by atoms with E-state index in [1.54, 1.807) is 12.1 Å². The molecule has 7 heteroatoms. The van der Waals surface area contributed by atoms with E-state index in [-0.39, 0.29) is 4.90 Å². The molecule has 1 aliphatic heterocycles. The maximum Gasteiger partial charge on any atom is 0.265 e. The van der Waals surface area contributed by atoms with Gasteiger partial charge in [-0.3, -0.25) is 4.72 Å². The Morgan fingerprint density at radius 3 is 2.25 bits per heavy atom. The molecule has 0 unspecified atom stereocenters. The van der Waals surface area contributed by atoms with Crippen molar-refractivity contribution < 1.29 is 13.2 Å². The third-order valence-electron chi connectivity index (χ3n) is 5.87. The van der Waals surface area contributed by atoms with Crippen LogP contribution in [0.25, 0.3) is 11.1 Å². The quantitative estimate of drug-likeness (QED) is 0.580. The van der Waals surface area contributed by atoms with Crippen molar-refractivity contribution in [2.75, 3.05) is 49.5 Å². The van der Waals surface area contributed by atoms with Crippen LogP contribution in [0, 0.1) is 0 Å². The molecule has 1 N–H and O–H groups in total. The van der Waals surface area contributed by atoms with Crippen LogP contribution in [-0.4, -0.2) is 53.2 Å². The SMILES string of the molecule is CCN1CCN(c2ccccc2NS(=O)(=O)c2cccc(-c3ccccc3)c2OC)CC1. The van der Waals surface area contributed by atoms with Crippen LogP contribution in [0.3, 0.4) is 0 Å². The van der Waals surface area contributed by atoms with E-state index in [0.717, 1.165) is 49.5 Å². The van der Waals surface area contributed by atoms with Gasteiger partial charge in [0.1, 0.15) is 10.6 Å². The molecule has 0 spiro atoms. The van der Waals surface area contributed by atoms with Gasteiger partial charge in [0.25, 0.3) is 10.0 Å². The lowest BCUT2D eigenvalue weighted by molar-refractivity contribution is 0.271. The van der Waals surface area contributed by atoms with Gasteiger partial charge in [0.2, 0.25) is 0 Å². The molecule has 0 radical (unpaired) electrons. The normalized spacial score (nSPS) is 14.9. The smallest absolute Gasteiger partial charge is 0.265 e. The summed E-state index contributed by atoms with van der Waals surface area (Å²) in [6.45, 7) is 6.84. The van der Waals surface area contributed by atoms with Crippen molar-refractivity contribution in [3.8, 4) is 16.9 Å². The van der Waals surface area contributed by atoms with Crippen LogP contribution in [0.1, 0.15) is 6.92 Å². The molecule has 6 nitrogen and oxygen atoms in total. The van der Waals surface area contributed by atoms with Gasteiger partial charge in [0.15, 0.2) is 0 Å². The maximum atomic E-state index is 13.5. The number of hydrogen-bond donors (Lipinski definition) is 1. The van der Waals surface area contributed by atoms with Gasteiger partial charge < -0.3 is 14.5 Å². The number of nitrogens with one attached hydrogen (secondary N) is 1. The Labute approximate surface area is 190 Å². The molecule has 32 heavy (non-hydrogen) atoms. The average molecular weight is 452 g/mol. The van der Waals surface area contributed by atoms with E-state index in [0.29, 0.717) is 11.4 Å². The zero-order chi connectivity index (χ0) is 22.6. The molecule has 3 aromatic carbocycles. The minimum Gasteiger partial charge on any atom is -0.495 e. The van der Waals surface area contributed by atoms with E-state index in [1.807, 2.05) is 60.7 Å². The summed E-state index contributed by atoms with van der Waals surface area (Å²) in [4.78, 5) is 4.75. The molecule has 0 bridgehead atoms. The monoisotopic (exact) mass is 451 g/mol. The van der Waals surface area contributed by atoms with Gasteiger partial charge >= 0.3 is 0 Å². The fourth-order valence-corrected chi connectivity index (χ4v) is 5.39. The van der Waals surface area contributed by atoms with Gasteiger partial charge in [-0.1, -0.05) is 61.5 Å². The van der Waals surface area contributed by atoms with E-state index in [2.05, 4.69) is 21.4 Å². The van der Waals surface area contributed by atoms with Gasteiger partial charge in [-0.25, -0.2) is 8.42 Å². The third-order valence-corrected chi connectivity index (χ3v) is 7.26. The van der Waals surface area contributed by atoms with Crippen LogP contribution < -0.4 is 14.4 Å². The van der Waals surface area contributed by atoms with Crippen molar-refractivity contribution in [2.24, 2.45) is 0 Å². The summed E-state index contributed by atoms with van der Waals surface area (Å²) in [6.07, 6.45) is 0. The summed E-state index contributed by atoms with van der Waals surface area (Å²) < 4.78 is 35.4. The van der Waals surface area contributed by atoms with Crippen LogP contribution >= 0.6 is 0 Å². The molecular weight excluding hydrogens is 422 g/mol. The highest BCUT2D eigenvalue weighted by Gasteiger charge is 2.25. The average Bonchev–Trinajstić information content (AvgIpc) is 2.84. The van der Waals surface area contributed by atoms with Crippen LogP contribution in [0.4, 0.5) is 11.4 Å². The second-order valence-corrected chi connectivity index (χ2v) is 9.40. The summed E-state index contributed by atoms with van der Waals surface area (Å²) in [6, 6.07) is 22.4. The number of piperazine rings is 1. The van der Waals surface area contributed by atoms with Crippen LogP contribution in [-0.2, 0) is 10.0 Å². The van der Waals surface area contributed by atoms with Gasteiger partial charge in [-0.2, -0.15) is 0 Å². The number of methoxy groups -OCH3 is 1. The van der Waals surface area contributed by atoms with E-state index < -0.39 is 10.0 Å². The number of ether oxygens (including phenoxy) is 1. The topological polar surface area (TPSA) is 61.9 Å². The predicted molar refractivity (Wildman–Crippen MR) is 130 cm³/mol. The molecule has 1 saturated heterocycles. The first-order chi connectivity index (χ1) is 15.5. The first-order valence-corrected chi connectivity index (χ1v) is 12.3. The Hall–Kier alpha value is -3.03. The Bertz CT molecular complexity index is 1160. The first kappa shape index (κ1) is 22.2. The maximum absolute atomic E-state index is 13.5. The predicted octanol–water partition coefficient (Wildman–Crippen LogP) is 4.30. The van der Waals surface area contributed by atoms with Crippen molar-refractivity contribution in [1.29, 1.82) is 0 Å². The number of likely N-dealkylation sites (N-methyl/N-ethyl adjacent to an activating group) is 1. The van der Waals surface area contributed by atoms with Crippen molar-refractivity contribution in [3.05, 3.63) is 72.8 Å². The molecule has 0 aromatic heterocycles. The lowest BCUT2D eigenvalue weighted by atomic mass is 10.0. The number of benzene rings is 3. The van der Waals surface area contributed by atoms with Gasteiger partial charge in [-0.15, -0.1) is 0 Å². The highest BCUT2D eigenvalue weighted by Crippen LogP contribution is 2.37. The van der Waals surface area contributed by atoms with Gasteiger partial charge in [-0.05, 0) is 30.3 Å². The molecule has 0 atom stereocenters. The van der Waals surface area contributed by atoms with E-state index >= 15 is 0 Å². The van der Waals surface area contributed by atoms with Crippen molar-refractivity contribution >= 4 is 21.4 Å². The molecule has 1 aliphatic rings. The summed E-state index contributed by atoms with van der Waals surface area (Å²) >= 11 is 0. The summed E-state index contributed by atoms with van der Waals surface area (Å²) in [7, 11) is -2.37. The number of rotatable bonds is 7. The number of nitrogens with zero attached hydrogens (tertiary/aromatic N) is 2. The molecule has 0 amide bonds. The van der Waals surface area contributed by atoms with Gasteiger partial charge in [0, 0.05) is 31.7 Å². The fourth-order valence-electron chi connectivity index (χ4n) is 4.12. The Balaban J connectivity index is 1.67. The molecular formula is C25H29N3O3S. The molecule has 0 saturated carbocycles. The number of para-hydroxylation sites is 3. The second kappa shape index (κ2) is 9.63. The molecule has 4 rings (SSSR count). The lowest BCUT2D eigenvalue weighted by Gasteiger charge is -2.36. The van der Waals surface area contributed by atoms with E-state index in [9.17, 15) is 8.42 Å². The largest absolute Gasteiger partial charge is 0.495 e. The van der Waals surface area contributed by atoms with Crippen LogP contribution in [0.15, 0.2) is 77.7 Å². The minimum absolute atomic E-state index is 0.118. The molecule has 0 aliphatic carbocycles. The van der Waals surface area contributed by atoms with Crippen LogP contribution in [0.2, 0.25) is 0 Å². The summed E-state index contributed by atoms with van der Waals surface area (Å²) in [5.41, 5.74) is 3.10. The van der Waals surface area contributed by atoms with E-state index in [4.69, 9.17) is 4.74 Å². The Morgan fingerprint density at radius 2 is 1.56 bits per heavy atom.